The summed E-state index contributed by atoms with van der Waals surface area (Å²) < 4.78 is 2.04. The first-order valence-corrected chi connectivity index (χ1v) is 7.69. The fraction of sp³-hybridized carbons (Fsp3) is 0.471. The number of rotatable bonds is 3. The summed E-state index contributed by atoms with van der Waals surface area (Å²) in [5.74, 6) is 1.27. The summed E-state index contributed by atoms with van der Waals surface area (Å²) in [6.07, 6.45) is 2.22. The average molecular weight is 284 g/mol. The zero-order chi connectivity index (χ0) is 14.8. The van der Waals surface area contributed by atoms with Gasteiger partial charge in [0, 0.05) is 32.2 Å². The molecule has 4 heteroatoms. The molecule has 1 aromatic carbocycles. The highest BCUT2D eigenvalue weighted by atomic mass is 15.4. The monoisotopic (exact) mass is 284 g/mol. The van der Waals surface area contributed by atoms with Crippen molar-refractivity contribution in [1.29, 1.82) is 0 Å². The zero-order valence-corrected chi connectivity index (χ0v) is 13.2. The van der Waals surface area contributed by atoms with Gasteiger partial charge in [-0.3, -0.25) is 4.68 Å². The summed E-state index contributed by atoms with van der Waals surface area (Å²) in [5, 5.41) is 7.89. The van der Waals surface area contributed by atoms with Crippen LogP contribution in [0.3, 0.4) is 0 Å². The lowest BCUT2D eigenvalue weighted by molar-refractivity contribution is 0.696. The predicted molar refractivity (Wildman–Crippen MR) is 86.8 cm³/mol. The van der Waals surface area contributed by atoms with Crippen molar-refractivity contribution in [2.75, 3.05) is 25.0 Å². The van der Waals surface area contributed by atoms with E-state index in [1.807, 2.05) is 11.7 Å². The molecule has 1 N–H and O–H groups in total. The van der Waals surface area contributed by atoms with E-state index in [0.29, 0.717) is 0 Å². The molecule has 0 atom stereocenters. The molecule has 2 heterocycles. The van der Waals surface area contributed by atoms with Crippen LogP contribution in [0.4, 0.5) is 5.82 Å². The van der Waals surface area contributed by atoms with Crippen molar-refractivity contribution in [3.8, 4) is 0 Å². The molecule has 0 saturated heterocycles. The Morgan fingerprint density at radius 1 is 1.14 bits per heavy atom. The second-order valence-corrected chi connectivity index (χ2v) is 5.80. The van der Waals surface area contributed by atoms with Crippen molar-refractivity contribution in [3.63, 3.8) is 0 Å². The molecule has 0 bridgehead atoms. The molecule has 1 aliphatic rings. The quantitative estimate of drug-likeness (QED) is 0.936. The summed E-state index contributed by atoms with van der Waals surface area (Å²) in [7, 11) is 4.05. The summed E-state index contributed by atoms with van der Waals surface area (Å²) in [6, 6.07) is 8.83. The van der Waals surface area contributed by atoms with Crippen LogP contribution in [0, 0.1) is 6.92 Å². The minimum atomic E-state index is 0.873. The molecule has 0 saturated carbocycles. The zero-order valence-electron chi connectivity index (χ0n) is 13.2. The Hall–Kier alpha value is -1.81. The first-order chi connectivity index (χ1) is 10.2. The van der Waals surface area contributed by atoms with Gasteiger partial charge < -0.3 is 10.2 Å². The molecule has 3 rings (SSSR count). The van der Waals surface area contributed by atoms with Gasteiger partial charge in [-0.25, -0.2) is 0 Å². The van der Waals surface area contributed by atoms with E-state index >= 15 is 0 Å². The molecule has 1 aliphatic heterocycles. The van der Waals surface area contributed by atoms with Crippen LogP contribution in [-0.4, -0.2) is 29.9 Å². The molecule has 112 valence electrons. The minimum absolute atomic E-state index is 0.873. The molecular weight excluding hydrogens is 260 g/mol. The fourth-order valence-electron chi connectivity index (χ4n) is 3.35. The number of benzene rings is 1. The van der Waals surface area contributed by atoms with Crippen molar-refractivity contribution in [1.82, 2.24) is 15.1 Å². The molecular formula is C17H24N4. The third kappa shape index (κ3) is 2.68. The van der Waals surface area contributed by atoms with E-state index in [2.05, 4.69) is 53.6 Å². The van der Waals surface area contributed by atoms with Crippen LogP contribution in [0.5, 0.6) is 0 Å². The number of fused-ring (bicyclic) bond motifs is 1. The van der Waals surface area contributed by atoms with Crippen LogP contribution in [0.1, 0.15) is 22.4 Å². The van der Waals surface area contributed by atoms with Gasteiger partial charge in [0.1, 0.15) is 5.82 Å². The van der Waals surface area contributed by atoms with Gasteiger partial charge in [0.2, 0.25) is 0 Å². The van der Waals surface area contributed by atoms with Crippen molar-refractivity contribution >= 4 is 5.82 Å². The maximum absolute atomic E-state index is 4.62. The third-order valence-corrected chi connectivity index (χ3v) is 4.39. The maximum atomic E-state index is 4.62. The van der Waals surface area contributed by atoms with Gasteiger partial charge >= 0.3 is 0 Å². The van der Waals surface area contributed by atoms with E-state index in [0.717, 1.165) is 38.2 Å². The normalized spacial score (nSPS) is 14.9. The summed E-state index contributed by atoms with van der Waals surface area (Å²) in [4.78, 5) is 2.49. The average Bonchev–Trinajstić information content (AvgIpc) is 2.66. The van der Waals surface area contributed by atoms with E-state index in [1.54, 1.807) is 0 Å². The van der Waals surface area contributed by atoms with E-state index in [-0.39, 0.29) is 0 Å². The van der Waals surface area contributed by atoms with Crippen LogP contribution in [0.2, 0.25) is 0 Å². The predicted octanol–water partition coefficient (Wildman–Crippen LogP) is 2.05. The van der Waals surface area contributed by atoms with Gasteiger partial charge in [0.05, 0.1) is 5.69 Å². The van der Waals surface area contributed by atoms with Gasteiger partial charge in [0.15, 0.2) is 0 Å². The number of hydrogen-bond acceptors (Lipinski definition) is 3. The van der Waals surface area contributed by atoms with Crippen molar-refractivity contribution < 1.29 is 0 Å². The second-order valence-electron chi connectivity index (χ2n) is 5.80. The number of nitrogens with zero attached hydrogens (tertiary/aromatic N) is 3. The molecule has 0 aliphatic carbocycles. The molecule has 0 radical (unpaired) electrons. The SMILES string of the molecule is CNCc1c(C)nn(C)c1N1CCc2ccccc2CC1. The Labute approximate surface area is 126 Å². The Balaban J connectivity index is 1.89. The number of hydrogen-bond donors (Lipinski definition) is 1. The Kier molecular flexibility index (Phi) is 3.97. The van der Waals surface area contributed by atoms with Crippen LogP contribution in [-0.2, 0) is 26.4 Å². The minimum Gasteiger partial charge on any atom is -0.356 e. The van der Waals surface area contributed by atoms with Crippen LogP contribution >= 0.6 is 0 Å². The van der Waals surface area contributed by atoms with Crippen LogP contribution < -0.4 is 10.2 Å². The fourth-order valence-corrected chi connectivity index (χ4v) is 3.35. The first kappa shape index (κ1) is 14.1. The van der Waals surface area contributed by atoms with E-state index in [4.69, 9.17) is 0 Å². The lowest BCUT2D eigenvalue weighted by atomic mass is 10.0. The Bertz CT molecular complexity index is 603. The van der Waals surface area contributed by atoms with Gasteiger partial charge in [-0.1, -0.05) is 24.3 Å². The smallest absolute Gasteiger partial charge is 0.131 e. The third-order valence-electron chi connectivity index (χ3n) is 4.39. The molecule has 4 nitrogen and oxygen atoms in total. The summed E-state index contributed by atoms with van der Waals surface area (Å²) in [6.45, 7) is 5.10. The Morgan fingerprint density at radius 2 is 1.76 bits per heavy atom. The topological polar surface area (TPSA) is 33.1 Å². The highest BCUT2D eigenvalue weighted by Gasteiger charge is 2.21. The van der Waals surface area contributed by atoms with E-state index < -0.39 is 0 Å². The standard InChI is InChI=1S/C17H24N4/c1-13-16(12-18-2)17(20(3)19-13)21-10-8-14-6-4-5-7-15(14)9-11-21/h4-7,18H,8-12H2,1-3H3. The molecule has 2 aromatic rings. The number of aryl methyl sites for hydroxylation is 2. The van der Waals surface area contributed by atoms with Crippen molar-refractivity contribution in [2.45, 2.75) is 26.3 Å². The van der Waals surface area contributed by atoms with E-state index in [1.165, 1.54) is 22.5 Å². The van der Waals surface area contributed by atoms with Gasteiger partial charge in [-0.15, -0.1) is 0 Å². The van der Waals surface area contributed by atoms with Gasteiger partial charge in [-0.05, 0) is 37.9 Å². The lowest BCUT2D eigenvalue weighted by Crippen LogP contribution is -2.29. The van der Waals surface area contributed by atoms with E-state index in [9.17, 15) is 0 Å². The largest absolute Gasteiger partial charge is 0.356 e. The number of anilines is 1. The van der Waals surface area contributed by atoms with Crippen LogP contribution in [0.25, 0.3) is 0 Å². The van der Waals surface area contributed by atoms with Gasteiger partial charge in [0.25, 0.3) is 0 Å². The summed E-state index contributed by atoms with van der Waals surface area (Å²) >= 11 is 0. The number of aromatic nitrogens is 2. The molecule has 21 heavy (non-hydrogen) atoms. The van der Waals surface area contributed by atoms with Crippen molar-refractivity contribution in [3.05, 3.63) is 46.6 Å². The lowest BCUT2D eigenvalue weighted by Gasteiger charge is -2.24. The highest BCUT2D eigenvalue weighted by molar-refractivity contribution is 5.51. The van der Waals surface area contributed by atoms with Crippen LogP contribution in [0.15, 0.2) is 24.3 Å². The molecule has 0 fully saturated rings. The molecule has 0 amide bonds. The maximum Gasteiger partial charge on any atom is 0.131 e. The second kappa shape index (κ2) is 5.90. The number of nitrogens with one attached hydrogen (secondary N) is 1. The molecule has 1 aromatic heterocycles. The van der Waals surface area contributed by atoms with Gasteiger partial charge in [-0.2, -0.15) is 5.10 Å². The molecule has 0 spiro atoms. The van der Waals surface area contributed by atoms with Crippen molar-refractivity contribution in [2.24, 2.45) is 7.05 Å². The first-order valence-electron chi connectivity index (χ1n) is 7.69. The molecule has 0 unspecified atom stereocenters. The summed E-state index contributed by atoms with van der Waals surface area (Å²) in [5.41, 5.74) is 5.44. The highest BCUT2D eigenvalue weighted by Crippen LogP contribution is 2.26. The Morgan fingerprint density at radius 3 is 2.33 bits per heavy atom.